The van der Waals surface area contributed by atoms with E-state index in [4.69, 9.17) is 20.9 Å². The summed E-state index contributed by atoms with van der Waals surface area (Å²) in [5.41, 5.74) is 19.5. The maximum Gasteiger partial charge on any atom is 0.337 e. The van der Waals surface area contributed by atoms with Crippen LogP contribution in [0, 0.1) is 0 Å². The number of nitrogen functional groups attached to an aromatic ring is 2. The maximum absolute atomic E-state index is 12.1. The van der Waals surface area contributed by atoms with E-state index >= 15 is 0 Å². The third-order valence-corrected chi connectivity index (χ3v) is 5.57. The fraction of sp³-hybridized carbons (Fsp3) is 0.0714. The van der Waals surface area contributed by atoms with Gasteiger partial charge in [-0.05, 0) is 81.9 Å². The molecular formula is C28H24N2O4. The van der Waals surface area contributed by atoms with Crippen molar-refractivity contribution >= 4 is 23.3 Å². The number of esters is 2. The van der Waals surface area contributed by atoms with Crippen LogP contribution < -0.4 is 11.5 Å². The first-order chi connectivity index (χ1) is 16.4. The molecule has 0 spiro atoms. The maximum atomic E-state index is 12.1. The van der Waals surface area contributed by atoms with Gasteiger partial charge in [-0.3, -0.25) is 0 Å². The van der Waals surface area contributed by atoms with E-state index in [1.165, 1.54) is 14.2 Å². The molecule has 0 saturated heterocycles. The van der Waals surface area contributed by atoms with Crippen molar-refractivity contribution in [2.75, 3.05) is 25.7 Å². The van der Waals surface area contributed by atoms with Gasteiger partial charge >= 0.3 is 11.9 Å². The lowest BCUT2D eigenvalue weighted by Crippen LogP contribution is -2.01. The Kier molecular flexibility index (Phi) is 6.32. The van der Waals surface area contributed by atoms with E-state index in [-0.39, 0.29) is 0 Å². The van der Waals surface area contributed by atoms with Crippen molar-refractivity contribution in [3.63, 3.8) is 0 Å². The van der Waals surface area contributed by atoms with Crippen LogP contribution in [-0.2, 0) is 9.47 Å². The van der Waals surface area contributed by atoms with E-state index in [0.717, 1.165) is 33.4 Å². The first kappa shape index (κ1) is 22.6. The van der Waals surface area contributed by atoms with Crippen LogP contribution in [0.3, 0.4) is 0 Å². The Morgan fingerprint density at radius 1 is 0.559 bits per heavy atom. The quantitative estimate of drug-likeness (QED) is 0.309. The van der Waals surface area contributed by atoms with Crippen LogP contribution in [0.1, 0.15) is 20.7 Å². The number of hydrogen-bond donors (Lipinski definition) is 2. The topological polar surface area (TPSA) is 105 Å². The molecule has 0 radical (unpaired) electrons. The molecule has 34 heavy (non-hydrogen) atoms. The van der Waals surface area contributed by atoms with Gasteiger partial charge in [-0.25, -0.2) is 9.59 Å². The molecule has 6 heteroatoms. The number of rotatable bonds is 5. The highest BCUT2D eigenvalue weighted by atomic mass is 16.5. The molecule has 0 saturated carbocycles. The number of nitrogens with two attached hydrogens (primary N) is 2. The van der Waals surface area contributed by atoms with Gasteiger partial charge < -0.3 is 20.9 Å². The monoisotopic (exact) mass is 452 g/mol. The zero-order valence-corrected chi connectivity index (χ0v) is 18.9. The summed E-state index contributed by atoms with van der Waals surface area (Å²) in [5, 5.41) is 0. The number of carbonyl (C=O) groups excluding carboxylic acids is 2. The van der Waals surface area contributed by atoms with Gasteiger partial charge in [0.25, 0.3) is 0 Å². The smallest absolute Gasteiger partial charge is 0.337 e. The van der Waals surface area contributed by atoms with Crippen LogP contribution in [0.15, 0.2) is 84.9 Å². The molecule has 6 nitrogen and oxygen atoms in total. The van der Waals surface area contributed by atoms with E-state index in [1.807, 2.05) is 48.5 Å². The molecule has 4 aromatic rings. The second kappa shape index (κ2) is 9.50. The highest BCUT2D eigenvalue weighted by Crippen LogP contribution is 2.40. The lowest BCUT2D eigenvalue weighted by atomic mass is 9.88. The molecule has 0 fully saturated rings. The van der Waals surface area contributed by atoms with Crippen LogP contribution in [0.2, 0.25) is 0 Å². The third-order valence-electron chi connectivity index (χ3n) is 5.57. The Bertz CT molecular complexity index is 1290. The van der Waals surface area contributed by atoms with Crippen molar-refractivity contribution in [2.45, 2.75) is 0 Å². The summed E-state index contributed by atoms with van der Waals surface area (Å²) in [7, 11) is 2.70. The first-order valence-corrected chi connectivity index (χ1v) is 10.6. The summed E-state index contributed by atoms with van der Waals surface area (Å²) in [6.07, 6.45) is 0. The SMILES string of the molecule is COC(=O)c1cccc(-c2cc(N)ccc2-c2ccc(N)cc2-c2cccc(C(=O)OC)c2)c1. The van der Waals surface area contributed by atoms with E-state index in [0.29, 0.717) is 22.5 Å². The van der Waals surface area contributed by atoms with E-state index in [2.05, 4.69) is 0 Å². The van der Waals surface area contributed by atoms with Gasteiger partial charge in [-0.1, -0.05) is 36.4 Å². The largest absolute Gasteiger partial charge is 0.465 e. The summed E-state index contributed by atoms with van der Waals surface area (Å²) in [4.78, 5) is 24.2. The van der Waals surface area contributed by atoms with Crippen LogP contribution in [-0.4, -0.2) is 26.2 Å². The molecule has 0 atom stereocenters. The number of benzene rings is 4. The van der Waals surface area contributed by atoms with Gasteiger partial charge in [0.2, 0.25) is 0 Å². The van der Waals surface area contributed by atoms with Gasteiger partial charge in [0.1, 0.15) is 0 Å². The lowest BCUT2D eigenvalue weighted by molar-refractivity contribution is 0.0592. The van der Waals surface area contributed by atoms with Crippen molar-refractivity contribution < 1.29 is 19.1 Å². The number of methoxy groups -OCH3 is 2. The highest BCUT2D eigenvalue weighted by Gasteiger charge is 2.16. The number of ether oxygens (including phenoxy) is 2. The first-order valence-electron chi connectivity index (χ1n) is 10.6. The summed E-state index contributed by atoms with van der Waals surface area (Å²) in [6, 6.07) is 25.7. The van der Waals surface area contributed by atoms with Crippen molar-refractivity contribution in [3.05, 3.63) is 96.1 Å². The fourth-order valence-electron chi connectivity index (χ4n) is 3.93. The predicted molar refractivity (Wildman–Crippen MR) is 134 cm³/mol. The molecule has 4 aromatic carbocycles. The number of anilines is 2. The standard InChI is InChI=1S/C28H24N2O4/c1-33-27(31)19-7-3-5-17(13-19)25-15-21(29)9-11-23(25)24-12-10-22(30)16-26(24)18-6-4-8-20(14-18)28(32)34-2/h3-16H,29-30H2,1-2H3. The molecule has 0 amide bonds. The second-order valence-corrected chi connectivity index (χ2v) is 7.75. The summed E-state index contributed by atoms with van der Waals surface area (Å²) < 4.78 is 9.76. The van der Waals surface area contributed by atoms with E-state index in [9.17, 15) is 9.59 Å². The molecular weight excluding hydrogens is 428 g/mol. The zero-order valence-electron chi connectivity index (χ0n) is 18.9. The second-order valence-electron chi connectivity index (χ2n) is 7.75. The zero-order chi connectivity index (χ0) is 24.2. The lowest BCUT2D eigenvalue weighted by Gasteiger charge is -2.17. The molecule has 0 aliphatic carbocycles. The molecule has 0 heterocycles. The predicted octanol–water partition coefficient (Wildman–Crippen LogP) is 5.43. The van der Waals surface area contributed by atoms with E-state index in [1.54, 1.807) is 36.4 Å². The average molecular weight is 453 g/mol. The molecule has 0 aromatic heterocycles. The Balaban J connectivity index is 1.93. The van der Waals surface area contributed by atoms with Gasteiger partial charge in [-0.2, -0.15) is 0 Å². The van der Waals surface area contributed by atoms with Crippen molar-refractivity contribution in [3.8, 4) is 33.4 Å². The minimum absolute atomic E-state index is 0.417. The summed E-state index contributed by atoms with van der Waals surface area (Å²) in [6.45, 7) is 0. The number of carbonyl (C=O) groups is 2. The minimum atomic E-state index is -0.417. The Labute approximate surface area is 197 Å². The van der Waals surface area contributed by atoms with E-state index < -0.39 is 11.9 Å². The van der Waals surface area contributed by atoms with Crippen LogP contribution in [0.5, 0.6) is 0 Å². The van der Waals surface area contributed by atoms with Crippen molar-refractivity contribution in [1.82, 2.24) is 0 Å². The Morgan fingerprint density at radius 2 is 0.971 bits per heavy atom. The van der Waals surface area contributed by atoms with Crippen LogP contribution in [0.25, 0.3) is 33.4 Å². The normalized spacial score (nSPS) is 10.5. The van der Waals surface area contributed by atoms with Crippen LogP contribution in [0.4, 0.5) is 11.4 Å². The molecule has 0 bridgehead atoms. The molecule has 0 aliphatic heterocycles. The van der Waals surface area contributed by atoms with Crippen molar-refractivity contribution in [2.24, 2.45) is 0 Å². The molecule has 4 rings (SSSR count). The average Bonchev–Trinajstić information content (AvgIpc) is 2.88. The van der Waals surface area contributed by atoms with Crippen LogP contribution >= 0.6 is 0 Å². The molecule has 0 unspecified atom stereocenters. The summed E-state index contributed by atoms with van der Waals surface area (Å²) in [5.74, 6) is -0.833. The molecule has 0 aliphatic rings. The number of hydrogen-bond acceptors (Lipinski definition) is 6. The minimum Gasteiger partial charge on any atom is -0.465 e. The fourth-order valence-corrected chi connectivity index (χ4v) is 3.93. The van der Waals surface area contributed by atoms with Gasteiger partial charge in [0.15, 0.2) is 0 Å². The van der Waals surface area contributed by atoms with Gasteiger partial charge in [-0.15, -0.1) is 0 Å². The highest BCUT2D eigenvalue weighted by molar-refractivity contribution is 5.97. The molecule has 4 N–H and O–H groups in total. The van der Waals surface area contributed by atoms with Gasteiger partial charge in [0, 0.05) is 11.4 Å². The van der Waals surface area contributed by atoms with Crippen molar-refractivity contribution in [1.29, 1.82) is 0 Å². The summed E-state index contributed by atoms with van der Waals surface area (Å²) >= 11 is 0. The Morgan fingerprint density at radius 3 is 1.35 bits per heavy atom. The third kappa shape index (κ3) is 4.47. The van der Waals surface area contributed by atoms with Gasteiger partial charge in [0.05, 0.1) is 25.3 Å². The Hall–Kier alpha value is -4.58. The molecule has 170 valence electrons.